The molecule has 108 valence electrons. The van der Waals surface area contributed by atoms with E-state index in [9.17, 15) is 4.79 Å². The highest BCUT2D eigenvalue weighted by molar-refractivity contribution is 8.77. The van der Waals surface area contributed by atoms with E-state index in [0.29, 0.717) is 6.42 Å². The van der Waals surface area contributed by atoms with Gasteiger partial charge in [-0.05, 0) is 40.5 Å². The maximum absolute atomic E-state index is 11.6. The molecule has 1 N–H and O–H groups in total. The van der Waals surface area contributed by atoms with E-state index in [4.69, 9.17) is 0 Å². The van der Waals surface area contributed by atoms with Gasteiger partial charge in [-0.3, -0.25) is 4.79 Å². The minimum Gasteiger partial charge on any atom is -0.354 e. The highest BCUT2D eigenvalue weighted by Gasteiger charge is 2.20. The summed E-state index contributed by atoms with van der Waals surface area (Å²) in [5, 5.41) is 2.94. The molecule has 0 saturated carbocycles. The number of carbonyl (C=O) groups excluding carboxylic acids is 1. The molecule has 0 unspecified atom stereocenters. The van der Waals surface area contributed by atoms with Crippen molar-refractivity contribution < 1.29 is 4.79 Å². The predicted molar refractivity (Wildman–Crippen MR) is 86.2 cm³/mol. The molecular weight excluding hydrogens is 262 g/mol. The molecule has 0 fully saturated rings. The van der Waals surface area contributed by atoms with Gasteiger partial charge in [0.2, 0.25) is 5.91 Å². The van der Waals surface area contributed by atoms with Gasteiger partial charge in [0.1, 0.15) is 0 Å². The predicted octanol–water partition coefficient (Wildman–Crippen LogP) is 4.64. The monoisotopic (exact) mass is 291 g/mol. The fourth-order valence-corrected chi connectivity index (χ4v) is 4.18. The number of rotatable bonds is 10. The average molecular weight is 292 g/mol. The Morgan fingerprint density at radius 3 is 2.50 bits per heavy atom. The average Bonchev–Trinajstić information content (AvgIpc) is 2.25. The Kier molecular flexibility index (Phi) is 10.1. The molecule has 0 heterocycles. The lowest BCUT2D eigenvalue weighted by molar-refractivity contribution is -0.121. The molecule has 0 saturated heterocycles. The Morgan fingerprint density at radius 2 is 1.94 bits per heavy atom. The molecule has 0 aliphatic carbocycles. The smallest absolute Gasteiger partial charge is 0.220 e. The summed E-state index contributed by atoms with van der Waals surface area (Å²) in [5.41, 5.74) is 0. The van der Waals surface area contributed by atoms with Crippen LogP contribution in [0.25, 0.3) is 0 Å². The molecule has 2 nitrogen and oxygen atoms in total. The topological polar surface area (TPSA) is 29.1 Å². The number of unbranched alkanes of at least 4 members (excludes halogenated alkanes) is 2. The molecule has 0 aliphatic rings. The Labute approximate surface area is 121 Å². The van der Waals surface area contributed by atoms with Crippen molar-refractivity contribution in [3.05, 3.63) is 0 Å². The molecular formula is C14H29NOS2. The molecule has 0 aromatic rings. The number of amides is 1. The van der Waals surface area contributed by atoms with Crippen LogP contribution < -0.4 is 5.32 Å². The van der Waals surface area contributed by atoms with Gasteiger partial charge in [0, 0.05) is 23.0 Å². The van der Waals surface area contributed by atoms with Gasteiger partial charge < -0.3 is 5.32 Å². The standard InChI is InChI=1S/C14H29NOS2/c1-6-7-8-11-17-18-14(4,5)10-9-13(16)15-12(2)3/h12H,6-11H2,1-5H3,(H,15,16). The third-order valence-electron chi connectivity index (χ3n) is 2.52. The van der Waals surface area contributed by atoms with Crippen LogP contribution in [0, 0.1) is 0 Å². The summed E-state index contributed by atoms with van der Waals surface area (Å²) in [6, 6.07) is 0.247. The third-order valence-corrected chi connectivity index (χ3v) is 5.96. The van der Waals surface area contributed by atoms with Gasteiger partial charge in [-0.2, -0.15) is 0 Å². The highest BCUT2D eigenvalue weighted by Crippen LogP contribution is 2.39. The molecule has 0 radical (unpaired) electrons. The maximum atomic E-state index is 11.6. The Morgan fingerprint density at radius 1 is 1.28 bits per heavy atom. The second kappa shape index (κ2) is 10.0. The van der Waals surface area contributed by atoms with Crippen molar-refractivity contribution in [1.29, 1.82) is 0 Å². The fourth-order valence-electron chi connectivity index (χ4n) is 1.46. The summed E-state index contributed by atoms with van der Waals surface area (Å²) in [6.45, 7) is 10.7. The summed E-state index contributed by atoms with van der Waals surface area (Å²) in [4.78, 5) is 11.6. The van der Waals surface area contributed by atoms with E-state index < -0.39 is 0 Å². The number of carbonyl (C=O) groups is 1. The largest absolute Gasteiger partial charge is 0.354 e. The van der Waals surface area contributed by atoms with Crippen LogP contribution in [0.3, 0.4) is 0 Å². The minimum absolute atomic E-state index is 0.176. The summed E-state index contributed by atoms with van der Waals surface area (Å²) < 4.78 is 0.186. The highest BCUT2D eigenvalue weighted by atomic mass is 33.1. The molecule has 0 spiro atoms. The van der Waals surface area contributed by atoms with Crippen molar-refractivity contribution in [3.8, 4) is 0 Å². The van der Waals surface area contributed by atoms with Crippen LogP contribution in [-0.4, -0.2) is 22.4 Å². The summed E-state index contributed by atoms with van der Waals surface area (Å²) in [7, 11) is 3.88. The van der Waals surface area contributed by atoms with E-state index in [1.165, 1.54) is 25.0 Å². The first kappa shape index (κ1) is 18.2. The van der Waals surface area contributed by atoms with E-state index in [1.807, 2.05) is 35.4 Å². The fraction of sp³-hybridized carbons (Fsp3) is 0.929. The van der Waals surface area contributed by atoms with E-state index >= 15 is 0 Å². The zero-order chi connectivity index (χ0) is 14.0. The van der Waals surface area contributed by atoms with Crippen molar-refractivity contribution >= 4 is 27.5 Å². The Balaban J connectivity index is 3.69. The van der Waals surface area contributed by atoms with Gasteiger partial charge in [0.15, 0.2) is 0 Å². The summed E-state index contributed by atoms with van der Waals surface area (Å²) >= 11 is 0. The minimum atomic E-state index is 0.176. The molecule has 1 amide bonds. The van der Waals surface area contributed by atoms with Gasteiger partial charge in [-0.1, -0.05) is 41.4 Å². The first-order valence-electron chi connectivity index (χ1n) is 6.97. The first-order valence-corrected chi connectivity index (χ1v) is 9.29. The normalized spacial score (nSPS) is 11.9. The van der Waals surface area contributed by atoms with Crippen LogP contribution in [0.4, 0.5) is 0 Å². The number of hydrogen-bond acceptors (Lipinski definition) is 3. The van der Waals surface area contributed by atoms with E-state index in [0.717, 1.165) is 6.42 Å². The van der Waals surface area contributed by atoms with E-state index in [2.05, 4.69) is 26.1 Å². The molecule has 0 aromatic heterocycles. The van der Waals surface area contributed by atoms with Crippen LogP contribution in [0.1, 0.15) is 66.7 Å². The molecule has 0 bridgehead atoms. The first-order chi connectivity index (χ1) is 8.37. The van der Waals surface area contributed by atoms with Crippen LogP contribution in [-0.2, 0) is 4.79 Å². The summed E-state index contributed by atoms with van der Waals surface area (Å²) in [5.74, 6) is 1.40. The SMILES string of the molecule is CCCCCSSC(C)(C)CCC(=O)NC(C)C. The zero-order valence-corrected chi connectivity index (χ0v) is 14.2. The van der Waals surface area contributed by atoms with Gasteiger partial charge in [-0.15, -0.1) is 0 Å². The maximum Gasteiger partial charge on any atom is 0.220 e. The second-order valence-electron chi connectivity index (χ2n) is 5.59. The lowest BCUT2D eigenvalue weighted by Crippen LogP contribution is -2.31. The lowest BCUT2D eigenvalue weighted by atomic mass is 10.1. The van der Waals surface area contributed by atoms with Crippen molar-refractivity contribution in [1.82, 2.24) is 5.32 Å². The number of nitrogens with one attached hydrogen (secondary N) is 1. The third kappa shape index (κ3) is 11.3. The van der Waals surface area contributed by atoms with E-state index in [-0.39, 0.29) is 16.7 Å². The lowest BCUT2D eigenvalue weighted by Gasteiger charge is -2.23. The summed E-state index contributed by atoms with van der Waals surface area (Å²) in [6.07, 6.45) is 5.48. The molecule has 0 rings (SSSR count). The quantitative estimate of drug-likeness (QED) is 0.469. The molecule has 4 heteroatoms. The van der Waals surface area contributed by atoms with Crippen molar-refractivity contribution in [2.45, 2.75) is 77.5 Å². The van der Waals surface area contributed by atoms with Crippen LogP contribution >= 0.6 is 21.6 Å². The van der Waals surface area contributed by atoms with Crippen molar-refractivity contribution in [3.63, 3.8) is 0 Å². The molecule has 0 aromatic carbocycles. The molecule has 0 atom stereocenters. The van der Waals surface area contributed by atoms with Gasteiger partial charge in [0.25, 0.3) is 0 Å². The van der Waals surface area contributed by atoms with Crippen molar-refractivity contribution in [2.75, 3.05) is 5.75 Å². The van der Waals surface area contributed by atoms with E-state index in [1.54, 1.807) is 0 Å². The van der Waals surface area contributed by atoms with Crippen LogP contribution in [0.2, 0.25) is 0 Å². The van der Waals surface area contributed by atoms with Gasteiger partial charge in [0.05, 0.1) is 0 Å². The molecule has 18 heavy (non-hydrogen) atoms. The second-order valence-corrected chi connectivity index (χ2v) is 8.72. The van der Waals surface area contributed by atoms with Gasteiger partial charge >= 0.3 is 0 Å². The Hall–Kier alpha value is 0.170. The number of hydrogen-bond donors (Lipinski definition) is 1. The van der Waals surface area contributed by atoms with Crippen LogP contribution in [0.5, 0.6) is 0 Å². The van der Waals surface area contributed by atoms with Gasteiger partial charge in [-0.25, -0.2) is 0 Å². The van der Waals surface area contributed by atoms with Crippen molar-refractivity contribution in [2.24, 2.45) is 0 Å². The van der Waals surface area contributed by atoms with Crippen LogP contribution in [0.15, 0.2) is 0 Å². The Bertz CT molecular complexity index is 230. The molecule has 0 aliphatic heterocycles. The zero-order valence-electron chi connectivity index (χ0n) is 12.5.